The maximum Gasteiger partial charge on any atom is 0.245 e. The number of hydrogen-bond donors (Lipinski definition) is 0. The van der Waals surface area contributed by atoms with Gasteiger partial charge in [-0.3, -0.25) is 0 Å². The van der Waals surface area contributed by atoms with Gasteiger partial charge in [0.05, 0.1) is 18.2 Å². The summed E-state index contributed by atoms with van der Waals surface area (Å²) >= 11 is 12.2. The van der Waals surface area contributed by atoms with Crippen LogP contribution in [0.15, 0.2) is 35.2 Å². The van der Waals surface area contributed by atoms with Crippen LogP contribution in [0.3, 0.4) is 0 Å². The molecule has 2 aliphatic heterocycles. The Morgan fingerprint density at radius 3 is 2.52 bits per heavy atom. The molecule has 0 aliphatic carbocycles. The second-order valence-corrected chi connectivity index (χ2v) is 9.37. The van der Waals surface area contributed by atoms with Crippen molar-refractivity contribution in [1.82, 2.24) is 4.31 Å². The van der Waals surface area contributed by atoms with Gasteiger partial charge in [-0.05, 0) is 54.8 Å². The van der Waals surface area contributed by atoms with E-state index in [0.29, 0.717) is 37.0 Å². The van der Waals surface area contributed by atoms with Gasteiger partial charge in [0, 0.05) is 24.0 Å². The average molecular weight is 428 g/mol. The quantitative estimate of drug-likeness (QED) is 0.709. The van der Waals surface area contributed by atoms with E-state index in [2.05, 4.69) is 0 Å². The highest BCUT2D eigenvalue weighted by Crippen LogP contribution is 2.41. The van der Waals surface area contributed by atoms with Crippen LogP contribution in [0.25, 0.3) is 0 Å². The Hall–Kier alpha value is -1.47. The lowest BCUT2D eigenvalue weighted by Gasteiger charge is -2.35. The largest absolute Gasteiger partial charge is 0.490 e. The van der Waals surface area contributed by atoms with Crippen molar-refractivity contribution < 1.29 is 17.9 Å². The zero-order valence-electron chi connectivity index (χ0n) is 14.7. The molecule has 27 heavy (non-hydrogen) atoms. The minimum Gasteiger partial charge on any atom is -0.490 e. The molecule has 4 rings (SSSR count). The maximum atomic E-state index is 13.3. The Morgan fingerprint density at radius 2 is 1.78 bits per heavy atom. The summed E-state index contributed by atoms with van der Waals surface area (Å²) < 4.78 is 39.5. The van der Waals surface area contributed by atoms with E-state index in [1.165, 1.54) is 16.4 Å². The second-order valence-electron chi connectivity index (χ2n) is 6.66. The molecule has 0 bridgehead atoms. The van der Waals surface area contributed by atoms with E-state index in [9.17, 15) is 8.42 Å². The first kappa shape index (κ1) is 18.9. The Labute approximate surface area is 168 Å². The van der Waals surface area contributed by atoms with E-state index in [4.69, 9.17) is 32.7 Å². The Kier molecular flexibility index (Phi) is 5.01. The van der Waals surface area contributed by atoms with E-state index in [-0.39, 0.29) is 16.0 Å². The Bertz CT molecular complexity index is 993. The maximum absolute atomic E-state index is 13.3. The van der Waals surface area contributed by atoms with Crippen molar-refractivity contribution >= 4 is 33.2 Å². The summed E-state index contributed by atoms with van der Waals surface area (Å²) in [5, 5.41) is 0.495. The molecule has 8 heteroatoms. The monoisotopic (exact) mass is 427 g/mol. The molecule has 2 aromatic rings. The molecule has 2 aliphatic rings. The van der Waals surface area contributed by atoms with Crippen molar-refractivity contribution in [3.05, 3.63) is 51.5 Å². The third-order valence-electron chi connectivity index (χ3n) is 4.97. The van der Waals surface area contributed by atoms with Gasteiger partial charge < -0.3 is 9.47 Å². The highest BCUT2D eigenvalue weighted by atomic mass is 35.5. The van der Waals surface area contributed by atoms with E-state index < -0.39 is 10.0 Å². The highest BCUT2D eigenvalue weighted by molar-refractivity contribution is 7.89. The molecule has 0 saturated heterocycles. The fourth-order valence-electron chi connectivity index (χ4n) is 3.58. The summed E-state index contributed by atoms with van der Waals surface area (Å²) in [6, 6.07) is 8.00. The molecule has 0 unspecified atom stereocenters. The summed E-state index contributed by atoms with van der Waals surface area (Å²) in [6.07, 6.45) is 1.41. The molecule has 1 atom stereocenters. The molecule has 0 spiro atoms. The van der Waals surface area contributed by atoms with Crippen molar-refractivity contribution in [3.8, 4) is 11.5 Å². The van der Waals surface area contributed by atoms with E-state index in [0.717, 1.165) is 23.3 Å². The third kappa shape index (κ3) is 3.40. The van der Waals surface area contributed by atoms with Crippen molar-refractivity contribution in [1.29, 1.82) is 0 Å². The van der Waals surface area contributed by atoms with Gasteiger partial charge in [-0.15, -0.1) is 0 Å². The number of benzene rings is 2. The molecule has 0 amide bonds. The van der Waals surface area contributed by atoms with Gasteiger partial charge in [0.15, 0.2) is 11.5 Å². The van der Waals surface area contributed by atoms with Crippen molar-refractivity contribution in [2.75, 3.05) is 19.8 Å². The van der Waals surface area contributed by atoms with Crippen LogP contribution in [0, 0.1) is 0 Å². The number of nitrogens with zero attached hydrogens (tertiary/aromatic N) is 1. The summed E-state index contributed by atoms with van der Waals surface area (Å²) in [5.74, 6) is 1.39. The molecule has 0 radical (unpaired) electrons. The van der Waals surface area contributed by atoms with E-state index in [1.807, 2.05) is 19.1 Å². The number of sulfonamides is 1. The SMILES string of the molecule is C[C@@H]1c2cc3c(cc2CCN1S(=O)(=O)c1cc(Cl)ccc1Cl)OCCCO3. The molecule has 2 heterocycles. The number of rotatable bonds is 2. The van der Waals surface area contributed by atoms with E-state index >= 15 is 0 Å². The minimum absolute atomic E-state index is 0.0290. The average Bonchev–Trinajstić information content (AvgIpc) is 2.87. The molecule has 0 fully saturated rings. The Balaban J connectivity index is 1.74. The van der Waals surface area contributed by atoms with Gasteiger partial charge in [-0.25, -0.2) is 8.42 Å². The predicted molar refractivity (Wildman–Crippen MR) is 105 cm³/mol. The van der Waals surface area contributed by atoms with Crippen LogP contribution >= 0.6 is 23.2 Å². The zero-order valence-corrected chi connectivity index (χ0v) is 17.1. The lowest BCUT2D eigenvalue weighted by atomic mass is 9.94. The lowest BCUT2D eigenvalue weighted by Crippen LogP contribution is -2.39. The number of fused-ring (bicyclic) bond motifs is 2. The van der Waals surface area contributed by atoms with Crippen molar-refractivity contribution in [2.24, 2.45) is 0 Å². The first-order valence-electron chi connectivity index (χ1n) is 8.77. The van der Waals surface area contributed by atoms with Gasteiger partial charge in [0.2, 0.25) is 10.0 Å². The topological polar surface area (TPSA) is 55.8 Å². The highest BCUT2D eigenvalue weighted by Gasteiger charge is 2.36. The summed E-state index contributed by atoms with van der Waals surface area (Å²) in [4.78, 5) is 0.0290. The fourth-order valence-corrected chi connectivity index (χ4v) is 5.93. The summed E-state index contributed by atoms with van der Waals surface area (Å²) in [7, 11) is -3.79. The second kappa shape index (κ2) is 7.17. The van der Waals surface area contributed by atoms with Crippen LogP contribution in [0.5, 0.6) is 11.5 Å². The number of halogens is 2. The van der Waals surface area contributed by atoms with Gasteiger partial charge in [0.1, 0.15) is 4.90 Å². The normalized spacial score (nSPS) is 20.0. The Morgan fingerprint density at radius 1 is 1.07 bits per heavy atom. The molecule has 0 N–H and O–H groups in total. The van der Waals surface area contributed by atoms with Crippen molar-refractivity contribution in [3.63, 3.8) is 0 Å². The smallest absolute Gasteiger partial charge is 0.245 e. The zero-order chi connectivity index (χ0) is 19.2. The van der Waals surface area contributed by atoms with E-state index in [1.54, 1.807) is 6.07 Å². The lowest BCUT2D eigenvalue weighted by molar-refractivity contribution is 0.296. The van der Waals surface area contributed by atoms with Crippen LogP contribution in [0.2, 0.25) is 10.0 Å². The molecule has 5 nitrogen and oxygen atoms in total. The first-order chi connectivity index (χ1) is 12.9. The van der Waals surface area contributed by atoms with Gasteiger partial charge in [0.25, 0.3) is 0 Å². The molecule has 2 aromatic carbocycles. The summed E-state index contributed by atoms with van der Waals surface area (Å²) in [5.41, 5.74) is 2.00. The molecule has 144 valence electrons. The van der Waals surface area contributed by atoms with Crippen LogP contribution < -0.4 is 9.47 Å². The number of hydrogen-bond acceptors (Lipinski definition) is 4. The first-order valence-corrected chi connectivity index (χ1v) is 11.0. The minimum atomic E-state index is -3.79. The van der Waals surface area contributed by atoms with Crippen LogP contribution in [-0.4, -0.2) is 32.5 Å². The van der Waals surface area contributed by atoms with Crippen molar-refractivity contribution in [2.45, 2.75) is 30.7 Å². The van der Waals surface area contributed by atoms with Crippen LogP contribution in [0.1, 0.15) is 30.5 Å². The predicted octanol–water partition coefficient (Wildman–Crippen LogP) is 4.46. The van der Waals surface area contributed by atoms with Gasteiger partial charge in [-0.2, -0.15) is 4.31 Å². The summed E-state index contributed by atoms with van der Waals surface area (Å²) in [6.45, 7) is 3.44. The van der Waals surface area contributed by atoms with Gasteiger partial charge >= 0.3 is 0 Å². The van der Waals surface area contributed by atoms with Crippen LogP contribution in [0.4, 0.5) is 0 Å². The molecular formula is C19H19Cl2NO4S. The molecule has 0 saturated carbocycles. The molecule has 0 aromatic heterocycles. The third-order valence-corrected chi connectivity index (χ3v) is 7.66. The standard InChI is InChI=1S/C19H19Cl2NO4S/c1-12-15-11-18-17(25-7-2-8-26-18)9-13(15)5-6-22(12)27(23,24)19-10-14(20)3-4-16(19)21/h3-4,9-12H,2,5-8H2,1H3/t12-/m1/s1. The fraction of sp³-hybridized carbons (Fsp3) is 0.368. The molecular weight excluding hydrogens is 409 g/mol. The van der Waals surface area contributed by atoms with Crippen LogP contribution in [-0.2, 0) is 16.4 Å². The number of ether oxygens (including phenoxy) is 2. The van der Waals surface area contributed by atoms with Gasteiger partial charge in [-0.1, -0.05) is 23.2 Å².